The first kappa shape index (κ1) is 14.2. The molecule has 2 aromatic carbocycles. The summed E-state index contributed by atoms with van der Waals surface area (Å²) < 4.78 is 28.1. The second-order valence-electron chi connectivity index (χ2n) is 5.87. The summed E-state index contributed by atoms with van der Waals surface area (Å²) in [5.41, 5.74) is 3.51. The molecule has 1 fully saturated rings. The van der Waals surface area contributed by atoms with E-state index < -0.39 is 11.6 Å². The summed E-state index contributed by atoms with van der Waals surface area (Å²) in [5.74, 6) is -1.51. The van der Waals surface area contributed by atoms with E-state index in [9.17, 15) is 8.78 Å². The van der Waals surface area contributed by atoms with Crippen LogP contribution in [0.5, 0.6) is 0 Å². The van der Waals surface area contributed by atoms with Crippen LogP contribution in [-0.4, -0.2) is 6.04 Å². The van der Waals surface area contributed by atoms with Gasteiger partial charge in [0.25, 0.3) is 0 Å². The van der Waals surface area contributed by atoms with Crippen LogP contribution in [0.4, 0.5) is 8.78 Å². The minimum absolute atomic E-state index is 0.335. The van der Waals surface area contributed by atoms with Crippen LogP contribution in [0.2, 0.25) is 0 Å². The third-order valence-corrected chi connectivity index (χ3v) is 3.99. The van der Waals surface area contributed by atoms with Gasteiger partial charge in [-0.05, 0) is 43.4 Å². The Balaban J connectivity index is 2.03. The maximum atomic E-state index is 14.3. The molecule has 0 saturated heterocycles. The fourth-order valence-electron chi connectivity index (χ4n) is 2.49. The molecule has 0 heterocycles. The van der Waals surface area contributed by atoms with Crippen molar-refractivity contribution in [3.05, 3.63) is 58.7 Å². The van der Waals surface area contributed by atoms with E-state index in [2.05, 4.69) is 5.32 Å². The zero-order valence-corrected chi connectivity index (χ0v) is 12.3. The lowest BCUT2D eigenvalue weighted by Gasteiger charge is -2.13. The lowest BCUT2D eigenvalue weighted by molar-refractivity contribution is 0.505. The van der Waals surface area contributed by atoms with Crippen LogP contribution < -0.4 is 5.32 Å². The van der Waals surface area contributed by atoms with Gasteiger partial charge in [0.05, 0.1) is 0 Å². The minimum Gasteiger partial charge on any atom is -0.310 e. The lowest BCUT2D eigenvalue weighted by Crippen LogP contribution is -2.16. The Morgan fingerprint density at radius 3 is 2.48 bits per heavy atom. The van der Waals surface area contributed by atoms with Crippen LogP contribution >= 0.6 is 0 Å². The SMILES string of the molecule is Cc1ccc(CNC2CC2)c(-c2ccc(C)c(F)c2F)c1. The number of hydrogen-bond acceptors (Lipinski definition) is 1. The van der Waals surface area contributed by atoms with E-state index in [1.807, 2.05) is 25.1 Å². The van der Waals surface area contributed by atoms with Crippen molar-refractivity contribution in [2.45, 2.75) is 39.3 Å². The van der Waals surface area contributed by atoms with Gasteiger partial charge in [-0.1, -0.05) is 35.9 Å². The molecule has 1 aliphatic carbocycles. The summed E-state index contributed by atoms with van der Waals surface area (Å²) in [6.45, 7) is 4.23. The molecule has 1 N–H and O–H groups in total. The van der Waals surface area contributed by atoms with Crippen molar-refractivity contribution >= 4 is 0 Å². The largest absolute Gasteiger partial charge is 0.310 e. The minimum atomic E-state index is -0.756. The van der Waals surface area contributed by atoms with Gasteiger partial charge in [-0.25, -0.2) is 8.78 Å². The van der Waals surface area contributed by atoms with E-state index in [1.54, 1.807) is 19.1 Å². The van der Waals surface area contributed by atoms with E-state index >= 15 is 0 Å². The highest BCUT2D eigenvalue weighted by Crippen LogP contribution is 2.30. The highest BCUT2D eigenvalue weighted by molar-refractivity contribution is 5.69. The van der Waals surface area contributed by atoms with Crippen LogP contribution in [0.25, 0.3) is 11.1 Å². The fourth-order valence-corrected chi connectivity index (χ4v) is 2.49. The predicted molar refractivity (Wildman–Crippen MR) is 81.1 cm³/mol. The zero-order valence-electron chi connectivity index (χ0n) is 12.3. The second kappa shape index (κ2) is 5.57. The van der Waals surface area contributed by atoms with Crippen molar-refractivity contribution in [1.82, 2.24) is 5.32 Å². The summed E-state index contributed by atoms with van der Waals surface area (Å²) in [7, 11) is 0. The van der Waals surface area contributed by atoms with Gasteiger partial charge in [-0.2, -0.15) is 0 Å². The number of hydrogen-bond donors (Lipinski definition) is 1. The van der Waals surface area contributed by atoms with E-state index in [1.165, 1.54) is 12.8 Å². The molecule has 0 radical (unpaired) electrons. The average Bonchev–Trinajstić information content (AvgIpc) is 3.28. The molecule has 0 amide bonds. The molecule has 3 rings (SSSR count). The Morgan fingerprint density at radius 2 is 1.76 bits per heavy atom. The average molecular weight is 287 g/mol. The number of rotatable bonds is 4. The van der Waals surface area contributed by atoms with Gasteiger partial charge in [0.15, 0.2) is 11.6 Å². The van der Waals surface area contributed by atoms with Gasteiger partial charge in [0.1, 0.15) is 0 Å². The van der Waals surface area contributed by atoms with Crippen LogP contribution in [0.1, 0.15) is 29.5 Å². The molecule has 1 aliphatic rings. The van der Waals surface area contributed by atoms with Crippen molar-refractivity contribution < 1.29 is 8.78 Å². The van der Waals surface area contributed by atoms with Gasteiger partial charge in [0, 0.05) is 18.2 Å². The van der Waals surface area contributed by atoms with Gasteiger partial charge >= 0.3 is 0 Å². The summed E-state index contributed by atoms with van der Waals surface area (Å²) in [6.07, 6.45) is 2.41. The molecule has 0 spiro atoms. The van der Waals surface area contributed by atoms with E-state index in [4.69, 9.17) is 0 Å². The molecule has 0 bridgehead atoms. The Kier molecular flexibility index (Phi) is 3.77. The number of nitrogens with one attached hydrogen (secondary N) is 1. The maximum absolute atomic E-state index is 14.3. The van der Waals surface area contributed by atoms with Crippen molar-refractivity contribution in [2.75, 3.05) is 0 Å². The lowest BCUT2D eigenvalue weighted by atomic mass is 9.96. The molecule has 2 aromatic rings. The Morgan fingerprint density at radius 1 is 1.00 bits per heavy atom. The van der Waals surface area contributed by atoms with E-state index in [0.29, 0.717) is 23.7 Å². The van der Waals surface area contributed by atoms with Crippen molar-refractivity contribution in [3.8, 4) is 11.1 Å². The molecule has 0 atom stereocenters. The normalized spacial score (nSPS) is 14.5. The Labute approximate surface area is 124 Å². The van der Waals surface area contributed by atoms with Crippen LogP contribution in [0.3, 0.4) is 0 Å². The van der Waals surface area contributed by atoms with Crippen molar-refractivity contribution in [1.29, 1.82) is 0 Å². The third kappa shape index (κ3) is 2.98. The topological polar surface area (TPSA) is 12.0 Å². The van der Waals surface area contributed by atoms with E-state index in [-0.39, 0.29) is 0 Å². The summed E-state index contributed by atoms with van der Waals surface area (Å²) in [6, 6.07) is 9.82. The van der Waals surface area contributed by atoms with Gasteiger partial charge in [-0.15, -0.1) is 0 Å². The molecular weight excluding hydrogens is 268 g/mol. The Hall–Kier alpha value is -1.74. The molecule has 0 aromatic heterocycles. The smallest absolute Gasteiger partial charge is 0.166 e. The number of benzene rings is 2. The monoisotopic (exact) mass is 287 g/mol. The molecule has 3 heteroatoms. The highest BCUT2D eigenvalue weighted by atomic mass is 19.2. The second-order valence-corrected chi connectivity index (χ2v) is 5.87. The maximum Gasteiger partial charge on any atom is 0.166 e. The van der Waals surface area contributed by atoms with Crippen LogP contribution in [-0.2, 0) is 6.54 Å². The fraction of sp³-hybridized carbons (Fsp3) is 0.333. The zero-order chi connectivity index (χ0) is 15.0. The summed E-state index contributed by atoms with van der Waals surface area (Å²) >= 11 is 0. The summed E-state index contributed by atoms with van der Waals surface area (Å²) in [5, 5.41) is 3.43. The van der Waals surface area contributed by atoms with E-state index in [0.717, 1.165) is 16.7 Å². The first-order valence-corrected chi connectivity index (χ1v) is 7.34. The predicted octanol–water partition coefficient (Wildman–Crippen LogP) is 4.50. The van der Waals surface area contributed by atoms with Gasteiger partial charge in [0.2, 0.25) is 0 Å². The first-order valence-electron chi connectivity index (χ1n) is 7.34. The molecule has 0 unspecified atom stereocenters. The quantitative estimate of drug-likeness (QED) is 0.873. The first-order chi connectivity index (χ1) is 10.1. The van der Waals surface area contributed by atoms with Crippen molar-refractivity contribution in [2.24, 2.45) is 0 Å². The van der Waals surface area contributed by atoms with Crippen LogP contribution in [0.15, 0.2) is 30.3 Å². The van der Waals surface area contributed by atoms with Gasteiger partial charge < -0.3 is 5.32 Å². The molecular formula is C18H19F2N. The number of aryl methyl sites for hydroxylation is 2. The van der Waals surface area contributed by atoms with Crippen LogP contribution in [0, 0.1) is 25.5 Å². The van der Waals surface area contributed by atoms with Gasteiger partial charge in [-0.3, -0.25) is 0 Å². The molecule has 1 saturated carbocycles. The molecule has 21 heavy (non-hydrogen) atoms. The third-order valence-electron chi connectivity index (χ3n) is 3.99. The highest BCUT2D eigenvalue weighted by Gasteiger charge is 2.21. The Bertz CT molecular complexity index is 675. The number of halogens is 2. The molecule has 1 nitrogen and oxygen atoms in total. The van der Waals surface area contributed by atoms with Crippen molar-refractivity contribution in [3.63, 3.8) is 0 Å². The standard InChI is InChI=1S/C18H19F2N/c1-11-3-5-13(10-21-14-6-7-14)16(9-11)15-8-4-12(2)17(19)18(15)20/h3-5,8-9,14,21H,6-7,10H2,1-2H3. The molecule has 110 valence electrons. The molecule has 0 aliphatic heterocycles. The summed E-state index contributed by atoms with van der Waals surface area (Å²) in [4.78, 5) is 0.